The van der Waals surface area contributed by atoms with Crippen LogP contribution in [0.4, 0.5) is 0 Å². The van der Waals surface area contributed by atoms with Crippen molar-refractivity contribution in [2.45, 2.75) is 33.7 Å². The van der Waals surface area contributed by atoms with Crippen LogP contribution in [0.15, 0.2) is 24.3 Å². The zero-order chi connectivity index (χ0) is 17.0. The molecule has 1 aromatic rings. The van der Waals surface area contributed by atoms with Crippen LogP contribution < -0.4 is 9.61 Å². The van der Waals surface area contributed by atoms with E-state index in [-0.39, 0.29) is 5.41 Å². The molecule has 0 aliphatic carbocycles. The number of rotatable bonds is 6. The summed E-state index contributed by atoms with van der Waals surface area (Å²) in [7, 11) is 0. The van der Waals surface area contributed by atoms with Crippen LogP contribution in [-0.4, -0.2) is 18.6 Å². The summed E-state index contributed by atoms with van der Waals surface area (Å²) in [6.45, 7) is 7.90. The highest BCUT2D eigenvalue weighted by atomic mass is 35.7. The van der Waals surface area contributed by atoms with Gasteiger partial charge in [0.2, 0.25) is 0 Å². The summed E-state index contributed by atoms with van der Waals surface area (Å²) < 4.78 is 10.8. The Morgan fingerprint density at radius 3 is 2.41 bits per heavy atom. The second-order valence-electron chi connectivity index (χ2n) is 6.04. The number of halogens is 2. The van der Waals surface area contributed by atoms with E-state index in [0.717, 1.165) is 0 Å². The fourth-order valence-electron chi connectivity index (χ4n) is 1.35. The van der Waals surface area contributed by atoms with Gasteiger partial charge in [0.05, 0.1) is 6.61 Å². The number of esters is 1. The minimum absolute atomic E-state index is 0.101. The Balaban J connectivity index is 2.57. The van der Waals surface area contributed by atoms with E-state index < -0.39 is 17.8 Å². The van der Waals surface area contributed by atoms with Crippen LogP contribution in [0.5, 0.6) is 5.75 Å². The van der Waals surface area contributed by atoms with Crippen molar-refractivity contribution in [3.8, 4) is 5.75 Å². The largest absolute Gasteiger partial charge is 0.464 e. The van der Waals surface area contributed by atoms with Gasteiger partial charge in [0.15, 0.2) is 0 Å². The Kier molecular flexibility index (Phi) is 7.16. The maximum Gasteiger partial charge on any atom is 0.323 e. The Morgan fingerprint density at radius 1 is 1.36 bits per heavy atom. The lowest BCUT2D eigenvalue weighted by atomic mass is 9.99. The average Bonchev–Trinajstić information content (AvgIpc) is 2.37. The molecule has 0 saturated carbocycles. The second kappa shape index (κ2) is 7.98. The minimum atomic E-state index is -2.89. The van der Waals surface area contributed by atoms with Crippen LogP contribution in [-0.2, 0) is 21.3 Å². The molecular formula is C14H20Cl2NO3PS. The Labute approximate surface area is 146 Å². The molecule has 0 aromatic heterocycles. The lowest BCUT2D eigenvalue weighted by Gasteiger charge is -2.23. The van der Waals surface area contributed by atoms with Gasteiger partial charge >= 0.3 is 5.97 Å². The molecule has 0 amide bonds. The molecule has 0 spiro atoms. The van der Waals surface area contributed by atoms with E-state index in [1.165, 1.54) is 0 Å². The molecule has 22 heavy (non-hydrogen) atoms. The van der Waals surface area contributed by atoms with Crippen LogP contribution in [0, 0.1) is 5.41 Å². The van der Waals surface area contributed by atoms with Gasteiger partial charge in [-0.25, -0.2) is 5.09 Å². The molecule has 4 nitrogen and oxygen atoms in total. The van der Waals surface area contributed by atoms with Crippen molar-refractivity contribution in [3.63, 3.8) is 0 Å². The zero-order valence-corrected chi connectivity index (χ0v) is 16.2. The molecule has 0 saturated heterocycles. The van der Waals surface area contributed by atoms with Crippen molar-refractivity contribution in [2.75, 3.05) is 6.61 Å². The molecular weight excluding hydrogens is 364 g/mol. The first-order valence-electron chi connectivity index (χ1n) is 6.68. The summed E-state index contributed by atoms with van der Waals surface area (Å²) in [5.41, 5.74) is -0.101. The maximum atomic E-state index is 11.9. The molecule has 2 unspecified atom stereocenters. The standard InChI is InChI=1S/C14H20Cl2NO3PS/c1-10(13(18)19-9-14(2,3)4)17-21(16,22)20-12-7-5-11(15)6-8-12/h5-8,10H,9H2,1-4H3,(H,17,22). The van der Waals surface area contributed by atoms with E-state index in [2.05, 4.69) is 5.09 Å². The van der Waals surface area contributed by atoms with Crippen LogP contribution >= 0.6 is 28.6 Å². The third-order valence-electron chi connectivity index (χ3n) is 2.39. The van der Waals surface area contributed by atoms with E-state index in [1.807, 2.05) is 20.8 Å². The normalized spacial score (nSPS) is 15.7. The van der Waals surface area contributed by atoms with Gasteiger partial charge in [-0.3, -0.25) is 4.79 Å². The lowest BCUT2D eigenvalue weighted by Crippen LogP contribution is -2.34. The number of nitrogens with one attached hydrogen (secondary N) is 1. The molecule has 1 N–H and O–H groups in total. The highest BCUT2D eigenvalue weighted by Gasteiger charge is 2.25. The van der Waals surface area contributed by atoms with E-state index in [0.29, 0.717) is 17.4 Å². The number of hydrogen-bond donors (Lipinski definition) is 1. The summed E-state index contributed by atoms with van der Waals surface area (Å²) in [4.78, 5) is 11.9. The van der Waals surface area contributed by atoms with E-state index in [9.17, 15) is 4.79 Å². The van der Waals surface area contributed by atoms with Gasteiger partial charge in [-0.2, -0.15) is 0 Å². The topological polar surface area (TPSA) is 47.6 Å². The predicted molar refractivity (Wildman–Crippen MR) is 95.2 cm³/mol. The van der Waals surface area contributed by atoms with Crippen molar-refractivity contribution >= 4 is 46.4 Å². The zero-order valence-electron chi connectivity index (χ0n) is 12.9. The smallest absolute Gasteiger partial charge is 0.323 e. The third-order valence-corrected chi connectivity index (χ3v) is 4.82. The average molecular weight is 384 g/mol. The summed E-state index contributed by atoms with van der Waals surface area (Å²) in [6.07, 6.45) is 0. The summed E-state index contributed by atoms with van der Waals surface area (Å²) in [5, 5.41) is 3.40. The second-order valence-corrected chi connectivity index (χ2v) is 11.5. The monoisotopic (exact) mass is 383 g/mol. The van der Waals surface area contributed by atoms with Crippen LogP contribution in [0.1, 0.15) is 27.7 Å². The third kappa shape index (κ3) is 7.80. The molecule has 0 radical (unpaired) electrons. The van der Waals surface area contributed by atoms with Crippen LogP contribution in [0.2, 0.25) is 5.02 Å². The van der Waals surface area contributed by atoms with Gasteiger partial charge in [0.25, 0.3) is 5.77 Å². The first-order chi connectivity index (χ1) is 9.98. The number of hydrogen-bond acceptors (Lipinski definition) is 4. The molecule has 1 rings (SSSR count). The van der Waals surface area contributed by atoms with Gasteiger partial charge in [-0.15, -0.1) is 0 Å². The fraction of sp³-hybridized carbons (Fsp3) is 0.500. The van der Waals surface area contributed by atoms with E-state index in [1.54, 1.807) is 31.2 Å². The van der Waals surface area contributed by atoms with Crippen molar-refractivity contribution in [2.24, 2.45) is 5.41 Å². The SMILES string of the molecule is CC(NP(=S)(Cl)Oc1ccc(Cl)cc1)C(=O)OCC(C)(C)C. The first kappa shape index (κ1) is 19.7. The predicted octanol–water partition coefficient (Wildman–Crippen LogP) is 4.75. The molecule has 0 bridgehead atoms. The van der Waals surface area contributed by atoms with Crippen LogP contribution in [0.3, 0.4) is 0 Å². The number of carbonyl (C=O) groups is 1. The molecule has 0 fully saturated rings. The van der Waals surface area contributed by atoms with Crippen molar-refractivity contribution in [1.29, 1.82) is 0 Å². The molecule has 0 aliphatic rings. The quantitative estimate of drug-likeness (QED) is 0.567. The van der Waals surface area contributed by atoms with Gasteiger partial charge in [0, 0.05) is 5.02 Å². The Hall–Kier alpha value is -0.320. The van der Waals surface area contributed by atoms with Crippen molar-refractivity contribution < 1.29 is 14.1 Å². The Bertz CT molecular complexity index is 560. The number of benzene rings is 1. The van der Waals surface area contributed by atoms with E-state index in [4.69, 9.17) is 43.9 Å². The first-order valence-corrected chi connectivity index (χ1v) is 10.7. The van der Waals surface area contributed by atoms with Gasteiger partial charge in [-0.1, -0.05) is 32.4 Å². The molecule has 124 valence electrons. The van der Waals surface area contributed by atoms with Gasteiger partial charge in [0.1, 0.15) is 11.8 Å². The molecule has 0 heterocycles. The fourth-order valence-corrected chi connectivity index (χ4v) is 3.90. The molecule has 2 atom stereocenters. The number of carbonyl (C=O) groups excluding carboxylic acids is 1. The highest BCUT2D eigenvalue weighted by molar-refractivity contribution is 8.23. The minimum Gasteiger partial charge on any atom is -0.464 e. The summed E-state index contributed by atoms with van der Waals surface area (Å²) in [6, 6.07) is 6.01. The van der Waals surface area contributed by atoms with Crippen molar-refractivity contribution in [1.82, 2.24) is 5.09 Å². The van der Waals surface area contributed by atoms with Crippen molar-refractivity contribution in [3.05, 3.63) is 29.3 Å². The summed E-state index contributed by atoms with van der Waals surface area (Å²) in [5.74, 6) is -2.81. The molecule has 0 aliphatic heterocycles. The summed E-state index contributed by atoms with van der Waals surface area (Å²) >= 11 is 17.2. The number of ether oxygens (including phenoxy) is 1. The molecule has 1 aromatic carbocycles. The highest BCUT2D eigenvalue weighted by Crippen LogP contribution is 2.49. The lowest BCUT2D eigenvalue weighted by molar-refractivity contribution is -0.147. The Morgan fingerprint density at radius 2 is 1.91 bits per heavy atom. The maximum absolute atomic E-state index is 11.9. The molecule has 8 heteroatoms. The van der Waals surface area contributed by atoms with Gasteiger partial charge < -0.3 is 9.26 Å². The van der Waals surface area contributed by atoms with E-state index >= 15 is 0 Å². The van der Waals surface area contributed by atoms with Crippen LogP contribution in [0.25, 0.3) is 0 Å². The van der Waals surface area contributed by atoms with Gasteiger partial charge in [-0.05, 0) is 59.7 Å².